The van der Waals surface area contributed by atoms with Crippen molar-refractivity contribution in [3.63, 3.8) is 0 Å². The molecule has 0 spiro atoms. The van der Waals surface area contributed by atoms with Gasteiger partial charge in [0.15, 0.2) is 0 Å². The van der Waals surface area contributed by atoms with Crippen molar-refractivity contribution in [3.05, 3.63) is 29.8 Å². The fraction of sp³-hybridized carbons (Fsp3) is 0.647. The van der Waals surface area contributed by atoms with E-state index in [0.717, 1.165) is 25.3 Å². The van der Waals surface area contributed by atoms with Gasteiger partial charge in [0.1, 0.15) is 5.75 Å². The average molecular weight is 275 g/mol. The Morgan fingerprint density at radius 1 is 1.20 bits per heavy atom. The third-order valence-corrected chi connectivity index (χ3v) is 4.66. The second-order valence-electron chi connectivity index (χ2n) is 6.45. The van der Waals surface area contributed by atoms with Crippen LogP contribution in [0, 0.1) is 5.92 Å². The van der Waals surface area contributed by atoms with Crippen molar-refractivity contribution in [2.75, 3.05) is 13.1 Å². The van der Waals surface area contributed by atoms with Crippen LogP contribution in [0.1, 0.15) is 32.3 Å². The molecule has 2 unspecified atom stereocenters. The summed E-state index contributed by atoms with van der Waals surface area (Å²) in [7, 11) is 0. The molecule has 3 heterocycles. The first-order valence-corrected chi connectivity index (χ1v) is 7.81. The molecule has 3 saturated heterocycles. The number of benzene rings is 1. The topological polar surface area (TPSA) is 32.7 Å². The van der Waals surface area contributed by atoms with Crippen LogP contribution < -0.4 is 4.74 Å². The normalized spacial score (nSPS) is 32.6. The van der Waals surface area contributed by atoms with Crippen LogP contribution in [0.4, 0.5) is 0 Å². The van der Waals surface area contributed by atoms with Crippen LogP contribution in [0.2, 0.25) is 0 Å². The molecule has 20 heavy (non-hydrogen) atoms. The van der Waals surface area contributed by atoms with E-state index in [1.807, 2.05) is 26.0 Å². The van der Waals surface area contributed by atoms with Gasteiger partial charge in [-0.05, 0) is 69.8 Å². The molecule has 3 heteroatoms. The first kappa shape index (κ1) is 13.9. The second-order valence-corrected chi connectivity index (χ2v) is 6.45. The fourth-order valence-corrected chi connectivity index (χ4v) is 3.59. The van der Waals surface area contributed by atoms with Crippen molar-refractivity contribution in [1.29, 1.82) is 0 Å². The number of piperidine rings is 3. The van der Waals surface area contributed by atoms with Crippen LogP contribution in [0.3, 0.4) is 0 Å². The van der Waals surface area contributed by atoms with Gasteiger partial charge >= 0.3 is 0 Å². The monoisotopic (exact) mass is 275 g/mol. The molecule has 1 aromatic carbocycles. The minimum atomic E-state index is -0.149. The Kier molecular flexibility index (Phi) is 3.99. The van der Waals surface area contributed by atoms with Gasteiger partial charge in [0.25, 0.3) is 0 Å². The van der Waals surface area contributed by atoms with Gasteiger partial charge in [0.05, 0.1) is 12.2 Å². The molecule has 2 atom stereocenters. The van der Waals surface area contributed by atoms with Crippen molar-refractivity contribution < 1.29 is 9.84 Å². The number of hydrogen-bond acceptors (Lipinski definition) is 3. The summed E-state index contributed by atoms with van der Waals surface area (Å²) in [5, 5.41) is 10.4. The maximum absolute atomic E-state index is 10.4. The second kappa shape index (κ2) is 5.74. The summed E-state index contributed by atoms with van der Waals surface area (Å²) in [5.41, 5.74) is 1.29. The van der Waals surface area contributed by atoms with E-state index in [1.54, 1.807) is 0 Å². The number of fused-ring (bicyclic) bond motifs is 3. The molecule has 3 aliphatic rings. The standard InChI is InChI=1S/C17H25NO2/c1-12(2)20-15-5-3-13(4-6-15)11-16-17(19)14-7-9-18(16)10-8-14/h3-6,12,14,16-17,19H,7-11H2,1-2H3. The highest BCUT2D eigenvalue weighted by Crippen LogP contribution is 2.33. The third kappa shape index (κ3) is 2.84. The van der Waals surface area contributed by atoms with E-state index >= 15 is 0 Å². The predicted molar refractivity (Wildman–Crippen MR) is 80.0 cm³/mol. The third-order valence-electron chi connectivity index (χ3n) is 4.66. The van der Waals surface area contributed by atoms with Crippen LogP contribution in [0.25, 0.3) is 0 Å². The van der Waals surface area contributed by atoms with E-state index < -0.39 is 0 Å². The molecule has 110 valence electrons. The summed E-state index contributed by atoms with van der Waals surface area (Å²) in [6.07, 6.45) is 3.34. The summed E-state index contributed by atoms with van der Waals surface area (Å²) in [6.45, 7) is 6.38. The lowest BCUT2D eigenvalue weighted by atomic mass is 9.78. The highest BCUT2D eigenvalue weighted by molar-refractivity contribution is 5.28. The predicted octanol–water partition coefficient (Wildman–Crippen LogP) is 2.47. The zero-order chi connectivity index (χ0) is 14.1. The Morgan fingerprint density at radius 2 is 1.85 bits per heavy atom. The van der Waals surface area contributed by atoms with Gasteiger partial charge in [-0.2, -0.15) is 0 Å². The zero-order valence-corrected chi connectivity index (χ0v) is 12.5. The van der Waals surface area contributed by atoms with Gasteiger partial charge in [0, 0.05) is 6.04 Å². The van der Waals surface area contributed by atoms with E-state index in [4.69, 9.17) is 4.74 Å². The lowest BCUT2D eigenvalue weighted by Crippen LogP contribution is -2.58. The Labute approximate surface area is 121 Å². The molecule has 0 aromatic heterocycles. The Hall–Kier alpha value is -1.06. The molecule has 0 amide bonds. The highest BCUT2D eigenvalue weighted by Gasteiger charge is 2.40. The lowest BCUT2D eigenvalue weighted by Gasteiger charge is -2.49. The van der Waals surface area contributed by atoms with E-state index in [0.29, 0.717) is 12.0 Å². The van der Waals surface area contributed by atoms with Gasteiger partial charge in [-0.3, -0.25) is 4.90 Å². The number of nitrogens with zero attached hydrogens (tertiary/aromatic N) is 1. The fourth-order valence-electron chi connectivity index (χ4n) is 3.59. The minimum Gasteiger partial charge on any atom is -0.491 e. The molecule has 3 fully saturated rings. The number of hydrogen-bond donors (Lipinski definition) is 1. The smallest absolute Gasteiger partial charge is 0.119 e. The lowest BCUT2D eigenvalue weighted by molar-refractivity contribution is -0.0715. The van der Waals surface area contributed by atoms with Gasteiger partial charge in [-0.25, -0.2) is 0 Å². The Bertz CT molecular complexity index is 433. The molecule has 0 radical (unpaired) electrons. The molecule has 3 aliphatic heterocycles. The molecule has 4 rings (SSSR count). The largest absolute Gasteiger partial charge is 0.491 e. The molecule has 2 bridgehead atoms. The van der Waals surface area contributed by atoms with E-state index in [-0.39, 0.29) is 12.2 Å². The summed E-state index contributed by atoms with van der Waals surface area (Å²) in [4.78, 5) is 2.46. The van der Waals surface area contributed by atoms with Crippen LogP contribution in [0.5, 0.6) is 5.75 Å². The maximum Gasteiger partial charge on any atom is 0.119 e. The molecule has 1 aromatic rings. The van der Waals surface area contributed by atoms with E-state index in [1.165, 1.54) is 18.4 Å². The maximum atomic E-state index is 10.4. The Balaban J connectivity index is 1.65. The molecular formula is C17H25NO2. The average Bonchev–Trinajstić information content (AvgIpc) is 2.44. The van der Waals surface area contributed by atoms with Crippen molar-refractivity contribution in [2.45, 2.75) is 51.4 Å². The van der Waals surface area contributed by atoms with Crippen molar-refractivity contribution >= 4 is 0 Å². The number of aliphatic hydroxyl groups is 1. The Morgan fingerprint density at radius 3 is 2.40 bits per heavy atom. The van der Waals surface area contributed by atoms with E-state index in [9.17, 15) is 5.11 Å². The number of aliphatic hydroxyl groups excluding tert-OH is 1. The number of ether oxygens (including phenoxy) is 1. The van der Waals surface area contributed by atoms with Crippen LogP contribution in [-0.2, 0) is 6.42 Å². The molecule has 1 N–H and O–H groups in total. The van der Waals surface area contributed by atoms with Crippen molar-refractivity contribution in [2.24, 2.45) is 5.92 Å². The van der Waals surface area contributed by atoms with Crippen molar-refractivity contribution in [1.82, 2.24) is 4.90 Å². The molecule has 0 aliphatic carbocycles. The van der Waals surface area contributed by atoms with Crippen molar-refractivity contribution in [3.8, 4) is 5.75 Å². The van der Waals surface area contributed by atoms with Gasteiger partial charge in [-0.1, -0.05) is 12.1 Å². The quantitative estimate of drug-likeness (QED) is 0.916. The zero-order valence-electron chi connectivity index (χ0n) is 12.5. The summed E-state index contributed by atoms with van der Waals surface area (Å²) >= 11 is 0. The van der Waals surface area contributed by atoms with Crippen LogP contribution in [-0.4, -0.2) is 41.3 Å². The first-order valence-electron chi connectivity index (χ1n) is 7.81. The highest BCUT2D eigenvalue weighted by atomic mass is 16.5. The van der Waals surface area contributed by atoms with Crippen LogP contribution in [0.15, 0.2) is 24.3 Å². The summed E-state index contributed by atoms with van der Waals surface area (Å²) < 4.78 is 5.67. The van der Waals surface area contributed by atoms with Gasteiger partial charge in [-0.15, -0.1) is 0 Å². The molecule has 0 saturated carbocycles. The number of rotatable bonds is 4. The van der Waals surface area contributed by atoms with Gasteiger partial charge in [0.2, 0.25) is 0 Å². The minimum absolute atomic E-state index is 0.149. The first-order chi connectivity index (χ1) is 9.63. The summed E-state index contributed by atoms with van der Waals surface area (Å²) in [6, 6.07) is 8.65. The van der Waals surface area contributed by atoms with Gasteiger partial charge < -0.3 is 9.84 Å². The van der Waals surface area contributed by atoms with Crippen LogP contribution >= 0.6 is 0 Å². The SMILES string of the molecule is CC(C)Oc1ccc(CC2C(O)C3CCN2CC3)cc1. The molecular weight excluding hydrogens is 250 g/mol. The summed E-state index contributed by atoms with van der Waals surface area (Å²) in [5.74, 6) is 1.45. The molecule has 3 nitrogen and oxygen atoms in total. The van der Waals surface area contributed by atoms with E-state index in [2.05, 4.69) is 17.0 Å².